The van der Waals surface area contributed by atoms with E-state index in [0.29, 0.717) is 34.6 Å². The number of hydrogen-bond donors (Lipinski definition) is 3. The maximum Gasteiger partial charge on any atom is 0.319 e. The number of rotatable bonds is 5. The van der Waals surface area contributed by atoms with Gasteiger partial charge in [0.25, 0.3) is 0 Å². The second kappa shape index (κ2) is 9.60. The fraction of sp³-hybridized carbons (Fsp3) is 0.368. The van der Waals surface area contributed by atoms with E-state index in [1.54, 1.807) is 29.2 Å². The highest BCUT2D eigenvalue weighted by Crippen LogP contribution is 2.34. The van der Waals surface area contributed by atoms with Gasteiger partial charge in [0.2, 0.25) is 5.91 Å². The zero-order valence-corrected chi connectivity index (χ0v) is 17.4. The predicted octanol–water partition coefficient (Wildman–Crippen LogP) is 3.94. The number of carbonyl (C=O) groups excluding carboxylic acids is 2. The van der Waals surface area contributed by atoms with E-state index in [4.69, 9.17) is 28.3 Å². The summed E-state index contributed by atoms with van der Waals surface area (Å²) in [6.07, 6.45) is 0.721. The molecule has 1 saturated heterocycles. The summed E-state index contributed by atoms with van der Waals surface area (Å²) in [5.41, 5.74) is 0.646. The Morgan fingerprint density at radius 2 is 1.93 bits per heavy atom. The fourth-order valence-corrected chi connectivity index (χ4v) is 4.63. The minimum atomic E-state index is -0.310. The monoisotopic (exact) mass is 441 g/mol. The number of nitrogens with one attached hydrogen (secondary N) is 2. The normalized spacial score (nSPS) is 19.3. The van der Waals surface area contributed by atoms with E-state index in [2.05, 4.69) is 10.6 Å². The van der Waals surface area contributed by atoms with Crippen molar-refractivity contribution in [2.24, 2.45) is 0 Å². The molecule has 9 heteroatoms. The number of anilines is 1. The van der Waals surface area contributed by atoms with Crippen molar-refractivity contribution in [1.29, 1.82) is 0 Å². The zero-order valence-electron chi connectivity index (χ0n) is 15.0. The number of hydrogen-bond acceptors (Lipinski definition) is 4. The van der Waals surface area contributed by atoms with Gasteiger partial charge < -0.3 is 20.6 Å². The van der Waals surface area contributed by atoms with E-state index in [-0.39, 0.29) is 36.9 Å². The van der Waals surface area contributed by atoms with Gasteiger partial charge in [-0.3, -0.25) is 4.79 Å². The van der Waals surface area contributed by atoms with Crippen LogP contribution in [0.1, 0.15) is 23.6 Å². The molecule has 0 saturated carbocycles. The third kappa shape index (κ3) is 5.38. The second-order valence-electron chi connectivity index (χ2n) is 6.56. The number of amides is 3. The first-order valence-electron chi connectivity index (χ1n) is 8.93. The highest BCUT2D eigenvalue weighted by Gasteiger charge is 2.34. The highest BCUT2D eigenvalue weighted by atomic mass is 35.5. The first kappa shape index (κ1) is 20.9. The maximum absolute atomic E-state index is 12.5. The Balaban J connectivity index is 1.69. The van der Waals surface area contributed by atoms with E-state index in [1.807, 2.05) is 12.1 Å². The predicted molar refractivity (Wildman–Crippen MR) is 112 cm³/mol. The molecule has 3 amide bonds. The molecule has 3 rings (SSSR count). The molecule has 0 spiro atoms. The molecule has 1 aliphatic heterocycles. The van der Waals surface area contributed by atoms with Crippen LogP contribution in [-0.4, -0.2) is 47.7 Å². The van der Waals surface area contributed by atoms with Crippen LogP contribution in [0.15, 0.2) is 36.4 Å². The number of urea groups is 1. The van der Waals surface area contributed by atoms with E-state index in [1.165, 1.54) is 11.3 Å². The first-order chi connectivity index (χ1) is 13.5. The molecule has 2 atom stereocenters. The number of piperidine rings is 1. The lowest BCUT2D eigenvalue weighted by molar-refractivity contribution is -0.133. The topological polar surface area (TPSA) is 81.7 Å². The van der Waals surface area contributed by atoms with Crippen LogP contribution in [0, 0.1) is 0 Å². The summed E-state index contributed by atoms with van der Waals surface area (Å²) < 4.78 is 0.665. The quantitative estimate of drug-likeness (QED) is 0.656. The molecule has 150 valence electrons. The molecule has 1 fully saturated rings. The molecule has 0 radical (unpaired) electrons. The molecule has 2 unspecified atom stereocenters. The van der Waals surface area contributed by atoms with Crippen molar-refractivity contribution in [3.05, 3.63) is 50.6 Å². The summed E-state index contributed by atoms with van der Waals surface area (Å²) in [5, 5.41) is 15.5. The molecular formula is C19H21Cl2N3O3S. The Hall–Kier alpha value is -1.80. The lowest BCUT2D eigenvalue weighted by Crippen LogP contribution is -2.52. The van der Waals surface area contributed by atoms with Crippen LogP contribution in [-0.2, 0) is 4.79 Å². The number of aliphatic hydroxyl groups is 1. The van der Waals surface area contributed by atoms with Crippen LogP contribution in [0.4, 0.5) is 10.5 Å². The highest BCUT2D eigenvalue weighted by molar-refractivity contribution is 7.16. The standard InChI is InChI=1S/C19H21Cl2N3O3S/c20-12-1-3-13(4-2-12)22-19(27)23-15-7-9-24(18(26)8-10-25)11-14(15)16-5-6-17(21)28-16/h1-6,14-15,25H,7-11H2,(H2,22,23,27). The molecule has 3 N–H and O–H groups in total. The number of nitrogens with zero attached hydrogens (tertiary/aromatic N) is 1. The van der Waals surface area contributed by atoms with E-state index in [0.717, 1.165) is 4.88 Å². The van der Waals surface area contributed by atoms with Gasteiger partial charge in [-0.05, 0) is 42.8 Å². The van der Waals surface area contributed by atoms with E-state index >= 15 is 0 Å². The molecule has 0 aliphatic carbocycles. The lowest BCUT2D eigenvalue weighted by atomic mass is 9.90. The maximum atomic E-state index is 12.5. The van der Waals surface area contributed by atoms with Gasteiger partial charge in [0, 0.05) is 47.1 Å². The third-order valence-electron chi connectivity index (χ3n) is 4.67. The van der Waals surface area contributed by atoms with Crippen LogP contribution in [0.2, 0.25) is 9.36 Å². The summed E-state index contributed by atoms with van der Waals surface area (Å²) in [7, 11) is 0. The molecule has 6 nitrogen and oxygen atoms in total. The Labute approximate surface area is 177 Å². The molecule has 2 heterocycles. The van der Waals surface area contributed by atoms with Crippen molar-refractivity contribution in [2.45, 2.75) is 24.8 Å². The van der Waals surface area contributed by atoms with Gasteiger partial charge >= 0.3 is 6.03 Å². The third-order valence-corrected chi connectivity index (χ3v) is 6.28. The van der Waals surface area contributed by atoms with Gasteiger partial charge in [0.05, 0.1) is 10.9 Å². The zero-order chi connectivity index (χ0) is 20.1. The Morgan fingerprint density at radius 1 is 1.18 bits per heavy atom. The molecule has 1 aromatic heterocycles. The largest absolute Gasteiger partial charge is 0.396 e. The first-order valence-corrected chi connectivity index (χ1v) is 10.5. The number of likely N-dealkylation sites (tertiary alicyclic amines) is 1. The summed E-state index contributed by atoms with van der Waals surface area (Å²) in [6, 6.07) is 10.2. The average Bonchev–Trinajstić information content (AvgIpc) is 3.10. The molecule has 0 bridgehead atoms. The van der Waals surface area contributed by atoms with Gasteiger partial charge in [-0.1, -0.05) is 23.2 Å². The molecule has 1 aromatic carbocycles. The summed E-state index contributed by atoms with van der Waals surface area (Å²) in [6.45, 7) is 0.831. The average molecular weight is 442 g/mol. The van der Waals surface area contributed by atoms with Crippen molar-refractivity contribution < 1.29 is 14.7 Å². The SMILES string of the molecule is O=C(Nc1ccc(Cl)cc1)NC1CCN(C(=O)CCO)CC1c1ccc(Cl)s1. The van der Waals surface area contributed by atoms with Crippen molar-refractivity contribution in [2.75, 3.05) is 25.0 Å². The van der Waals surface area contributed by atoms with Crippen LogP contribution < -0.4 is 10.6 Å². The van der Waals surface area contributed by atoms with Crippen molar-refractivity contribution in [3.8, 4) is 0 Å². The van der Waals surface area contributed by atoms with Crippen LogP contribution in [0.25, 0.3) is 0 Å². The number of aliphatic hydroxyl groups excluding tert-OH is 1. The van der Waals surface area contributed by atoms with Gasteiger partial charge in [0.1, 0.15) is 0 Å². The van der Waals surface area contributed by atoms with Gasteiger partial charge in [0.15, 0.2) is 0 Å². The molecule has 2 aromatic rings. The minimum Gasteiger partial charge on any atom is -0.396 e. The van der Waals surface area contributed by atoms with E-state index < -0.39 is 0 Å². The molecular weight excluding hydrogens is 421 g/mol. The summed E-state index contributed by atoms with van der Waals surface area (Å²) in [5.74, 6) is -0.149. The van der Waals surface area contributed by atoms with Crippen LogP contribution in [0.5, 0.6) is 0 Å². The van der Waals surface area contributed by atoms with E-state index in [9.17, 15) is 9.59 Å². The Bertz CT molecular complexity index is 828. The van der Waals surface area contributed by atoms with Crippen molar-refractivity contribution in [3.63, 3.8) is 0 Å². The van der Waals surface area contributed by atoms with Gasteiger partial charge in [-0.25, -0.2) is 4.79 Å². The van der Waals surface area contributed by atoms with Crippen LogP contribution >= 0.6 is 34.5 Å². The van der Waals surface area contributed by atoms with Gasteiger partial charge in [-0.2, -0.15) is 0 Å². The van der Waals surface area contributed by atoms with Crippen LogP contribution in [0.3, 0.4) is 0 Å². The minimum absolute atomic E-state index is 0.0649. The number of benzene rings is 1. The Morgan fingerprint density at radius 3 is 2.57 bits per heavy atom. The lowest BCUT2D eigenvalue weighted by Gasteiger charge is -2.38. The Kier molecular flexibility index (Phi) is 7.18. The second-order valence-corrected chi connectivity index (χ2v) is 8.75. The van der Waals surface area contributed by atoms with Crippen molar-refractivity contribution >= 4 is 52.2 Å². The smallest absolute Gasteiger partial charge is 0.319 e. The number of carbonyl (C=O) groups is 2. The van der Waals surface area contributed by atoms with Gasteiger partial charge in [-0.15, -0.1) is 11.3 Å². The molecule has 28 heavy (non-hydrogen) atoms. The summed E-state index contributed by atoms with van der Waals surface area (Å²) in [4.78, 5) is 27.4. The number of thiophene rings is 1. The fourth-order valence-electron chi connectivity index (χ4n) is 3.29. The summed E-state index contributed by atoms with van der Waals surface area (Å²) >= 11 is 13.4. The number of halogens is 2. The van der Waals surface area contributed by atoms with Crippen molar-refractivity contribution in [1.82, 2.24) is 10.2 Å². The molecule has 1 aliphatic rings.